The molecule has 2 heterocycles. The number of aryl methyl sites for hydroxylation is 1. The Balaban J connectivity index is 2.24. The Labute approximate surface area is 126 Å². The van der Waals surface area contributed by atoms with Crippen LogP contribution in [0.5, 0.6) is 0 Å². The molecule has 7 heteroatoms. The first-order valence-corrected chi connectivity index (χ1v) is 7.66. The Morgan fingerprint density at radius 2 is 2.33 bits per heavy atom. The Hall–Kier alpha value is -2.07. The van der Waals surface area contributed by atoms with Gasteiger partial charge in [0, 0.05) is 6.20 Å². The van der Waals surface area contributed by atoms with E-state index in [2.05, 4.69) is 17.1 Å². The number of hydrogen-bond donors (Lipinski definition) is 0. The smallest absolute Gasteiger partial charge is 0.269 e. The summed E-state index contributed by atoms with van der Waals surface area (Å²) in [7, 11) is 0. The fourth-order valence-electron chi connectivity index (χ4n) is 1.89. The van der Waals surface area contributed by atoms with E-state index in [4.69, 9.17) is 9.78 Å². The summed E-state index contributed by atoms with van der Waals surface area (Å²) in [5.41, 5.74) is 0.471. The summed E-state index contributed by atoms with van der Waals surface area (Å²) in [5.74, 6) is 1.95. The van der Waals surface area contributed by atoms with Crippen molar-refractivity contribution < 1.29 is 4.52 Å². The molecule has 0 saturated carbocycles. The van der Waals surface area contributed by atoms with Crippen LogP contribution in [0.25, 0.3) is 0 Å². The van der Waals surface area contributed by atoms with Crippen molar-refractivity contribution in [2.24, 2.45) is 0 Å². The third kappa shape index (κ3) is 3.34. The fourth-order valence-corrected chi connectivity index (χ4v) is 2.64. The van der Waals surface area contributed by atoms with Crippen molar-refractivity contribution >= 4 is 11.8 Å². The van der Waals surface area contributed by atoms with Gasteiger partial charge < -0.3 is 9.09 Å². The summed E-state index contributed by atoms with van der Waals surface area (Å²) < 4.78 is 6.58. The highest BCUT2D eigenvalue weighted by Gasteiger charge is 2.15. The molecule has 0 spiro atoms. The summed E-state index contributed by atoms with van der Waals surface area (Å²) in [6.45, 7) is 5.98. The van der Waals surface area contributed by atoms with Crippen molar-refractivity contribution in [2.75, 3.05) is 5.75 Å². The van der Waals surface area contributed by atoms with Gasteiger partial charge in [-0.15, -0.1) is 0 Å². The number of hydrogen-bond acceptors (Lipinski definition) is 6. The van der Waals surface area contributed by atoms with Gasteiger partial charge in [-0.2, -0.15) is 22.0 Å². The van der Waals surface area contributed by atoms with E-state index in [-0.39, 0.29) is 22.9 Å². The van der Waals surface area contributed by atoms with Crippen LogP contribution in [0.15, 0.2) is 21.6 Å². The number of nitrogens with zero attached hydrogens (tertiary/aromatic N) is 4. The van der Waals surface area contributed by atoms with Crippen molar-refractivity contribution in [2.45, 2.75) is 32.6 Å². The standard InChI is InChI=1S/C14H16N4O2S/c1-4-21-10(3)13-16-12(20-17-13)8-18-6-5-9(2)11(7-15)14(18)19/h5-6,10H,4,8H2,1-3H3. The SMILES string of the molecule is CCSC(C)c1noc(Cn2ccc(C)c(C#N)c2=O)n1. The monoisotopic (exact) mass is 304 g/mol. The normalized spacial score (nSPS) is 12.1. The molecule has 110 valence electrons. The summed E-state index contributed by atoms with van der Waals surface area (Å²) in [6.07, 6.45) is 1.63. The molecular formula is C14H16N4O2S. The molecule has 2 rings (SSSR count). The van der Waals surface area contributed by atoms with Crippen molar-refractivity contribution in [3.05, 3.63) is 45.5 Å². The molecule has 0 saturated heterocycles. The van der Waals surface area contributed by atoms with Crippen LogP contribution in [0.1, 0.15) is 41.9 Å². The molecule has 1 unspecified atom stereocenters. The highest BCUT2D eigenvalue weighted by Crippen LogP contribution is 2.25. The summed E-state index contributed by atoms with van der Waals surface area (Å²) >= 11 is 1.72. The van der Waals surface area contributed by atoms with E-state index in [1.54, 1.807) is 30.9 Å². The zero-order valence-electron chi connectivity index (χ0n) is 12.2. The van der Waals surface area contributed by atoms with Crippen molar-refractivity contribution in [3.63, 3.8) is 0 Å². The van der Waals surface area contributed by atoms with Gasteiger partial charge in [0.1, 0.15) is 18.2 Å². The van der Waals surface area contributed by atoms with E-state index >= 15 is 0 Å². The van der Waals surface area contributed by atoms with Crippen molar-refractivity contribution in [1.82, 2.24) is 14.7 Å². The highest BCUT2D eigenvalue weighted by atomic mass is 32.2. The number of pyridine rings is 1. The van der Waals surface area contributed by atoms with E-state index in [1.165, 1.54) is 4.57 Å². The van der Waals surface area contributed by atoms with Gasteiger partial charge >= 0.3 is 0 Å². The van der Waals surface area contributed by atoms with E-state index in [1.807, 2.05) is 13.0 Å². The number of aromatic nitrogens is 3. The maximum absolute atomic E-state index is 12.1. The lowest BCUT2D eigenvalue weighted by Crippen LogP contribution is -2.23. The molecule has 21 heavy (non-hydrogen) atoms. The molecule has 0 fully saturated rings. The molecule has 0 radical (unpaired) electrons. The first-order chi connectivity index (χ1) is 10.1. The van der Waals surface area contributed by atoms with Gasteiger partial charge in [0.05, 0.1) is 5.25 Å². The highest BCUT2D eigenvalue weighted by molar-refractivity contribution is 7.99. The lowest BCUT2D eigenvalue weighted by Gasteiger charge is -2.04. The Morgan fingerprint density at radius 1 is 1.57 bits per heavy atom. The van der Waals surface area contributed by atoms with E-state index < -0.39 is 0 Å². The van der Waals surface area contributed by atoms with Gasteiger partial charge in [0.25, 0.3) is 5.56 Å². The minimum atomic E-state index is -0.340. The first kappa shape index (κ1) is 15.3. The zero-order chi connectivity index (χ0) is 15.4. The minimum Gasteiger partial charge on any atom is -0.337 e. The average Bonchev–Trinajstić information content (AvgIpc) is 2.92. The Bertz CT molecular complexity index is 729. The summed E-state index contributed by atoms with van der Waals surface area (Å²) in [5, 5.41) is 13.1. The quantitative estimate of drug-likeness (QED) is 0.842. The van der Waals surface area contributed by atoms with Gasteiger partial charge in [-0.05, 0) is 31.2 Å². The second kappa shape index (κ2) is 6.59. The molecule has 6 nitrogen and oxygen atoms in total. The molecule has 0 aliphatic rings. The first-order valence-electron chi connectivity index (χ1n) is 6.61. The molecule has 2 aromatic rings. The lowest BCUT2D eigenvalue weighted by atomic mass is 10.2. The zero-order valence-corrected chi connectivity index (χ0v) is 13.0. The third-order valence-electron chi connectivity index (χ3n) is 3.06. The van der Waals surface area contributed by atoms with Gasteiger partial charge in [-0.25, -0.2) is 0 Å². The van der Waals surface area contributed by atoms with Crippen LogP contribution in [0.3, 0.4) is 0 Å². The summed E-state index contributed by atoms with van der Waals surface area (Å²) in [4.78, 5) is 16.4. The Kier molecular flexibility index (Phi) is 4.81. The second-order valence-corrected chi connectivity index (χ2v) is 6.18. The largest absolute Gasteiger partial charge is 0.337 e. The Morgan fingerprint density at radius 3 is 3.00 bits per heavy atom. The van der Waals surface area contributed by atoms with Gasteiger partial charge in [-0.1, -0.05) is 12.1 Å². The maximum atomic E-state index is 12.1. The minimum absolute atomic E-state index is 0.146. The van der Waals surface area contributed by atoms with Crippen LogP contribution < -0.4 is 5.56 Å². The van der Waals surface area contributed by atoms with Gasteiger partial charge in [0.2, 0.25) is 5.89 Å². The van der Waals surface area contributed by atoms with Crippen LogP contribution in [-0.4, -0.2) is 20.5 Å². The van der Waals surface area contributed by atoms with Crippen LogP contribution in [-0.2, 0) is 6.54 Å². The van der Waals surface area contributed by atoms with Crippen LogP contribution in [0, 0.1) is 18.3 Å². The molecule has 0 aliphatic heterocycles. The van der Waals surface area contributed by atoms with Crippen LogP contribution in [0.2, 0.25) is 0 Å². The predicted octanol–water partition coefficient (Wildman–Crippen LogP) is 2.27. The lowest BCUT2D eigenvalue weighted by molar-refractivity contribution is 0.365. The number of thioether (sulfide) groups is 1. The molecule has 0 N–H and O–H groups in total. The van der Waals surface area contributed by atoms with Crippen molar-refractivity contribution in [3.8, 4) is 6.07 Å². The second-order valence-electron chi connectivity index (χ2n) is 4.56. The molecule has 1 atom stereocenters. The number of rotatable bonds is 5. The molecule has 0 bridgehead atoms. The third-order valence-corrected chi connectivity index (χ3v) is 4.10. The van der Waals surface area contributed by atoms with E-state index in [0.29, 0.717) is 17.3 Å². The topological polar surface area (TPSA) is 84.7 Å². The van der Waals surface area contributed by atoms with Gasteiger partial charge in [0.15, 0.2) is 5.82 Å². The number of nitriles is 1. The van der Waals surface area contributed by atoms with Crippen LogP contribution in [0.4, 0.5) is 0 Å². The summed E-state index contributed by atoms with van der Waals surface area (Å²) in [6, 6.07) is 3.66. The predicted molar refractivity (Wildman–Crippen MR) is 80.1 cm³/mol. The molecular weight excluding hydrogens is 288 g/mol. The average molecular weight is 304 g/mol. The van der Waals surface area contributed by atoms with E-state index in [9.17, 15) is 4.79 Å². The van der Waals surface area contributed by atoms with Gasteiger partial charge in [-0.3, -0.25) is 4.79 Å². The van der Waals surface area contributed by atoms with E-state index in [0.717, 1.165) is 5.75 Å². The maximum Gasteiger partial charge on any atom is 0.269 e. The van der Waals surface area contributed by atoms with Crippen LogP contribution >= 0.6 is 11.8 Å². The molecule has 2 aromatic heterocycles. The van der Waals surface area contributed by atoms with Crippen molar-refractivity contribution in [1.29, 1.82) is 5.26 Å². The molecule has 0 amide bonds. The fraction of sp³-hybridized carbons (Fsp3) is 0.429. The molecule has 0 aliphatic carbocycles. The molecule has 0 aromatic carbocycles.